The van der Waals surface area contributed by atoms with Gasteiger partial charge < -0.3 is 4.90 Å². The summed E-state index contributed by atoms with van der Waals surface area (Å²) in [6, 6.07) is 10.5. The summed E-state index contributed by atoms with van der Waals surface area (Å²) < 4.78 is 1.62. The highest BCUT2D eigenvalue weighted by molar-refractivity contribution is 6.31. The molecule has 1 saturated heterocycles. The number of piperazine rings is 1. The van der Waals surface area contributed by atoms with Crippen molar-refractivity contribution in [2.24, 2.45) is 7.05 Å². The molecule has 1 aromatic carbocycles. The summed E-state index contributed by atoms with van der Waals surface area (Å²) in [4.78, 5) is 16.8. The summed E-state index contributed by atoms with van der Waals surface area (Å²) >= 11 is 6.21. The van der Waals surface area contributed by atoms with Crippen molar-refractivity contribution >= 4 is 23.6 Å². The van der Waals surface area contributed by atoms with Gasteiger partial charge in [0.05, 0.1) is 5.69 Å². The molecule has 0 spiro atoms. The molecular weight excluding hydrogens is 348 g/mol. The molecule has 3 rings (SSSR count). The number of carbonyl (C=O) groups is 1. The minimum Gasteiger partial charge on any atom is -0.337 e. The van der Waals surface area contributed by atoms with E-state index in [1.807, 2.05) is 17.9 Å². The number of benzene rings is 1. The van der Waals surface area contributed by atoms with E-state index in [9.17, 15) is 4.79 Å². The Labute approximate surface area is 159 Å². The Balaban J connectivity index is 1.48. The van der Waals surface area contributed by atoms with E-state index in [4.69, 9.17) is 11.6 Å². The molecule has 1 amide bonds. The van der Waals surface area contributed by atoms with Gasteiger partial charge in [0.15, 0.2) is 0 Å². The van der Waals surface area contributed by atoms with E-state index >= 15 is 0 Å². The molecule has 2 heterocycles. The van der Waals surface area contributed by atoms with Gasteiger partial charge >= 0.3 is 0 Å². The number of aromatic nitrogens is 2. The number of nitrogens with zero attached hydrogens (tertiary/aromatic N) is 4. The van der Waals surface area contributed by atoms with Crippen LogP contribution in [-0.2, 0) is 18.3 Å². The van der Waals surface area contributed by atoms with Gasteiger partial charge in [0, 0.05) is 51.4 Å². The van der Waals surface area contributed by atoms with Crippen LogP contribution in [0.3, 0.4) is 0 Å². The predicted octanol–water partition coefficient (Wildman–Crippen LogP) is 2.78. The normalized spacial score (nSPS) is 15.7. The largest absolute Gasteiger partial charge is 0.337 e. The number of carbonyl (C=O) groups excluding carboxylic acids is 1. The summed E-state index contributed by atoms with van der Waals surface area (Å²) in [6.45, 7) is 6.28. The molecule has 0 N–H and O–H groups in total. The van der Waals surface area contributed by atoms with Crippen molar-refractivity contribution in [1.82, 2.24) is 19.6 Å². The van der Waals surface area contributed by atoms with Crippen LogP contribution in [0.25, 0.3) is 6.08 Å². The first-order valence-corrected chi connectivity index (χ1v) is 9.35. The number of rotatable bonds is 5. The van der Waals surface area contributed by atoms with Crippen LogP contribution in [0.1, 0.15) is 16.8 Å². The molecule has 1 fully saturated rings. The summed E-state index contributed by atoms with van der Waals surface area (Å²) in [6.07, 6.45) is 4.43. The fraction of sp³-hybridized carbons (Fsp3) is 0.400. The molecule has 0 radical (unpaired) electrons. The van der Waals surface area contributed by atoms with Gasteiger partial charge in [-0.1, -0.05) is 41.9 Å². The van der Waals surface area contributed by atoms with Crippen molar-refractivity contribution in [3.05, 3.63) is 58.4 Å². The zero-order valence-electron chi connectivity index (χ0n) is 15.4. The molecule has 1 aliphatic heterocycles. The zero-order chi connectivity index (χ0) is 18.5. The first kappa shape index (κ1) is 18.7. The monoisotopic (exact) mass is 372 g/mol. The number of amides is 1. The molecule has 26 heavy (non-hydrogen) atoms. The van der Waals surface area contributed by atoms with Crippen molar-refractivity contribution in [3.8, 4) is 0 Å². The summed E-state index contributed by atoms with van der Waals surface area (Å²) in [7, 11) is 1.79. The Morgan fingerprint density at radius 2 is 1.88 bits per heavy atom. The third-order valence-corrected chi connectivity index (χ3v) is 5.28. The van der Waals surface area contributed by atoms with Crippen LogP contribution in [-0.4, -0.2) is 58.2 Å². The lowest BCUT2D eigenvalue weighted by atomic mass is 10.1. The van der Waals surface area contributed by atoms with Crippen LogP contribution >= 0.6 is 11.6 Å². The number of halogens is 1. The Morgan fingerprint density at radius 1 is 1.19 bits per heavy atom. The average molecular weight is 373 g/mol. The first-order chi connectivity index (χ1) is 12.5. The molecule has 0 atom stereocenters. The molecule has 0 unspecified atom stereocenters. The maximum absolute atomic E-state index is 12.4. The standard InChI is InChI=1S/C20H25ClN4O/c1-16-18(20(21)23(2)22-16)8-9-19(26)25-14-12-24(13-15-25)11-10-17-6-4-3-5-7-17/h3-9H,10-15H2,1-2H3/b9-8+. The maximum Gasteiger partial charge on any atom is 0.246 e. The maximum atomic E-state index is 12.4. The van der Waals surface area contributed by atoms with Crippen molar-refractivity contribution in [1.29, 1.82) is 0 Å². The van der Waals surface area contributed by atoms with Gasteiger partial charge in [0.2, 0.25) is 5.91 Å². The summed E-state index contributed by atoms with van der Waals surface area (Å²) in [5.74, 6) is 0.0343. The van der Waals surface area contributed by atoms with E-state index in [0.29, 0.717) is 5.15 Å². The summed E-state index contributed by atoms with van der Waals surface area (Å²) in [5, 5.41) is 4.81. The highest BCUT2D eigenvalue weighted by Gasteiger charge is 2.19. The first-order valence-electron chi connectivity index (χ1n) is 8.97. The second-order valence-corrected chi connectivity index (χ2v) is 7.01. The van der Waals surface area contributed by atoms with Crippen LogP contribution in [0.15, 0.2) is 36.4 Å². The minimum absolute atomic E-state index is 0.0343. The van der Waals surface area contributed by atoms with Crippen molar-refractivity contribution in [2.75, 3.05) is 32.7 Å². The Hall–Kier alpha value is -2.11. The molecule has 1 aliphatic rings. The van der Waals surface area contributed by atoms with E-state index in [1.54, 1.807) is 23.9 Å². The SMILES string of the molecule is Cc1nn(C)c(Cl)c1/C=C/C(=O)N1CCN(CCc2ccccc2)CC1. The lowest BCUT2D eigenvalue weighted by Crippen LogP contribution is -2.48. The molecule has 138 valence electrons. The Morgan fingerprint density at radius 3 is 2.50 bits per heavy atom. The minimum atomic E-state index is 0.0343. The lowest BCUT2D eigenvalue weighted by molar-refractivity contribution is -0.127. The second-order valence-electron chi connectivity index (χ2n) is 6.65. The van der Waals surface area contributed by atoms with Crippen LogP contribution in [0.4, 0.5) is 0 Å². The second kappa shape index (κ2) is 8.52. The summed E-state index contributed by atoms with van der Waals surface area (Å²) in [5.41, 5.74) is 2.99. The van der Waals surface area contributed by atoms with Crippen molar-refractivity contribution < 1.29 is 4.79 Å². The van der Waals surface area contributed by atoms with Crippen LogP contribution < -0.4 is 0 Å². The molecular formula is C20H25ClN4O. The van der Waals surface area contributed by atoms with E-state index in [2.05, 4.69) is 34.3 Å². The Kier molecular flexibility index (Phi) is 6.12. The van der Waals surface area contributed by atoms with Gasteiger partial charge in [-0.2, -0.15) is 5.10 Å². The quantitative estimate of drug-likeness (QED) is 0.758. The predicted molar refractivity (Wildman–Crippen MR) is 105 cm³/mol. The third kappa shape index (κ3) is 4.54. The van der Waals surface area contributed by atoms with E-state index in [1.165, 1.54) is 5.56 Å². The number of aryl methyl sites for hydroxylation is 2. The van der Waals surface area contributed by atoms with Gasteiger partial charge in [-0.15, -0.1) is 0 Å². The molecule has 2 aromatic rings. The lowest BCUT2D eigenvalue weighted by Gasteiger charge is -2.34. The average Bonchev–Trinajstić information content (AvgIpc) is 2.91. The van der Waals surface area contributed by atoms with Gasteiger partial charge in [-0.25, -0.2) is 0 Å². The molecule has 1 aromatic heterocycles. The van der Waals surface area contributed by atoms with Crippen molar-refractivity contribution in [3.63, 3.8) is 0 Å². The molecule has 6 heteroatoms. The van der Waals surface area contributed by atoms with Crippen molar-refractivity contribution in [2.45, 2.75) is 13.3 Å². The highest BCUT2D eigenvalue weighted by atomic mass is 35.5. The molecule has 0 saturated carbocycles. The van der Waals surface area contributed by atoms with E-state index < -0.39 is 0 Å². The fourth-order valence-electron chi connectivity index (χ4n) is 3.22. The highest BCUT2D eigenvalue weighted by Crippen LogP contribution is 2.20. The zero-order valence-corrected chi connectivity index (χ0v) is 16.1. The van der Waals surface area contributed by atoms with Crippen LogP contribution in [0.5, 0.6) is 0 Å². The number of hydrogen-bond acceptors (Lipinski definition) is 3. The van der Waals surface area contributed by atoms with Crippen LogP contribution in [0, 0.1) is 6.92 Å². The molecule has 5 nitrogen and oxygen atoms in total. The van der Waals surface area contributed by atoms with Gasteiger partial charge in [-0.05, 0) is 25.0 Å². The molecule has 0 bridgehead atoms. The third-order valence-electron chi connectivity index (χ3n) is 4.83. The van der Waals surface area contributed by atoms with Gasteiger partial charge in [0.25, 0.3) is 0 Å². The topological polar surface area (TPSA) is 41.4 Å². The van der Waals surface area contributed by atoms with Crippen LogP contribution in [0.2, 0.25) is 5.15 Å². The van der Waals surface area contributed by atoms with Gasteiger partial charge in [-0.3, -0.25) is 14.4 Å². The Bertz CT molecular complexity index is 777. The number of hydrogen-bond donors (Lipinski definition) is 0. The van der Waals surface area contributed by atoms with E-state index in [0.717, 1.165) is 50.4 Å². The smallest absolute Gasteiger partial charge is 0.246 e. The van der Waals surface area contributed by atoms with E-state index in [-0.39, 0.29) is 5.91 Å². The van der Waals surface area contributed by atoms with Gasteiger partial charge in [0.1, 0.15) is 5.15 Å². The molecule has 0 aliphatic carbocycles. The fourth-order valence-corrected chi connectivity index (χ4v) is 3.46.